The van der Waals surface area contributed by atoms with Crippen LogP contribution in [0.5, 0.6) is 0 Å². The molecular formula is C7H5F3INO. The Morgan fingerprint density at radius 2 is 2.08 bits per heavy atom. The number of aromatic nitrogens is 1. The van der Waals surface area contributed by atoms with E-state index in [9.17, 15) is 18.0 Å². The van der Waals surface area contributed by atoms with E-state index in [1.165, 1.54) is 12.3 Å². The van der Waals surface area contributed by atoms with Crippen molar-refractivity contribution in [3.05, 3.63) is 31.8 Å². The van der Waals surface area contributed by atoms with E-state index in [4.69, 9.17) is 0 Å². The Balaban J connectivity index is 3.01. The second kappa shape index (κ2) is 3.69. The molecular weight excluding hydrogens is 298 g/mol. The van der Waals surface area contributed by atoms with E-state index in [2.05, 4.69) is 4.98 Å². The minimum Gasteiger partial charge on any atom is -0.328 e. The molecule has 0 spiro atoms. The lowest BCUT2D eigenvalue weighted by Crippen LogP contribution is -2.20. The average Bonchev–Trinajstić information content (AvgIpc) is 1.94. The van der Waals surface area contributed by atoms with Gasteiger partial charge in [0.1, 0.15) is 0 Å². The third-order valence-electron chi connectivity index (χ3n) is 1.34. The van der Waals surface area contributed by atoms with Gasteiger partial charge in [-0.15, -0.1) is 0 Å². The van der Waals surface area contributed by atoms with E-state index < -0.39 is 18.2 Å². The normalized spacial score (nSPS) is 11.7. The molecule has 0 bridgehead atoms. The summed E-state index contributed by atoms with van der Waals surface area (Å²) in [5.41, 5.74) is -0.933. The number of hydrogen-bond donors (Lipinski definition) is 1. The van der Waals surface area contributed by atoms with Gasteiger partial charge in [-0.05, 0) is 28.7 Å². The van der Waals surface area contributed by atoms with Gasteiger partial charge in [0, 0.05) is 15.3 Å². The maximum Gasteiger partial charge on any atom is 0.393 e. The molecule has 0 unspecified atom stereocenters. The molecule has 0 amide bonds. The first-order chi connectivity index (χ1) is 5.88. The largest absolute Gasteiger partial charge is 0.393 e. The highest BCUT2D eigenvalue weighted by Crippen LogP contribution is 2.19. The molecule has 0 saturated carbocycles. The molecule has 1 aromatic rings. The average molecular weight is 303 g/mol. The molecule has 1 aromatic heterocycles. The van der Waals surface area contributed by atoms with Crippen LogP contribution in [-0.2, 0) is 6.42 Å². The van der Waals surface area contributed by atoms with Crippen LogP contribution in [0.15, 0.2) is 17.1 Å². The van der Waals surface area contributed by atoms with E-state index in [1.54, 1.807) is 0 Å². The fourth-order valence-electron chi connectivity index (χ4n) is 0.848. The number of halogens is 4. The van der Waals surface area contributed by atoms with Crippen molar-refractivity contribution in [3.8, 4) is 0 Å². The molecule has 1 heterocycles. The summed E-state index contributed by atoms with van der Waals surface area (Å²) in [5, 5.41) is 0. The van der Waals surface area contributed by atoms with Crippen LogP contribution in [0, 0.1) is 3.57 Å². The summed E-state index contributed by atoms with van der Waals surface area (Å²) in [6.45, 7) is 0. The molecule has 1 N–H and O–H groups in total. The van der Waals surface area contributed by atoms with Crippen molar-refractivity contribution in [2.45, 2.75) is 12.6 Å². The molecule has 72 valence electrons. The maximum absolute atomic E-state index is 11.9. The first-order valence-corrected chi connectivity index (χ1v) is 4.40. The Bertz CT molecular complexity index is 357. The zero-order chi connectivity index (χ0) is 10.1. The number of hydrogen-bond acceptors (Lipinski definition) is 1. The molecule has 0 aliphatic rings. The summed E-state index contributed by atoms with van der Waals surface area (Å²) in [6.07, 6.45) is -4.15. The zero-order valence-electron chi connectivity index (χ0n) is 6.28. The monoisotopic (exact) mass is 303 g/mol. The quantitative estimate of drug-likeness (QED) is 0.792. The van der Waals surface area contributed by atoms with E-state index in [0.29, 0.717) is 3.57 Å². The molecule has 2 nitrogen and oxygen atoms in total. The smallest absolute Gasteiger partial charge is 0.328 e. The molecule has 1 rings (SSSR count). The van der Waals surface area contributed by atoms with Crippen molar-refractivity contribution in [2.75, 3.05) is 0 Å². The summed E-state index contributed by atoms with van der Waals surface area (Å²) < 4.78 is 36.3. The lowest BCUT2D eigenvalue weighted by atomic mass is 10.2. The Hall–Kier alpha value is -0.530. The van der Waals surface area contributed by atoms with E-state index >= 15 is 0 Å². The Labute approximate surface area is 85.3 Å². The van der Waals surface area contributed by atoms with Gasteiger partial charge in [-0.25, -0.2) is 0 Å². The zero-order valence-corrected chi connectivity index (χ0v) is 8.44. The molecule has 0 radical (unpaired) electrons. The van der Waals surface area contributed by atoms with Crippen LogP contribution in [0.1, 0.15) is 5.56 Å². The van der Waals surface area contributed by atoms with Crippen molar-refractivity contribution in [2.24, 2.45) is 0 Å². The molecule has 0 saturated heterocycles. The van der Waals surface area contributed by atoms with Crippen LogP contribution in [0.4, 0.5) is 13.2 Å². The van der Waals surface area contributed by atoms with Gasteiger partial charge in [-0.1, -0.05) is 0 Å². The molecule has 0 aliphatic carbocycles. The first-order valence-electron chi connectivity index (χ1n) is 3.32. The second-order valence-electron chi connectivity index (χ2n) is 2.46. The molecule has 0 atom stereocenters. The number of aromatic amines is 1. The molecule has 0 fully saturated rings. The van der Waals surface area contributed by atoms with Gasteiger partial charge < -0.3 is 4.98 Å². The Morgan fingerprint density at radius 1 is 1.46 bits per heavy atom. The summed E-state index contributed by atoms with van der Waals surface area (Å²) >= 11 is 1.84. The topological polar surface area (TPSA) is 32.9 Å². The van der Waals surface area contributed by atoms with Crippen molar-refractivity contribution < 1.29 is 13.2 Å². The maximum atomic E-state index is 11.9. The van der Waals surface area contributed by atoms with E-state index in [-0.39, 0.29) is 5.56 Å². The number of rotatable bonds is 1. The predicted octanol–water partition coefficient (Wildman–Crippen LogP) is 2.08. The summed E-state index contributed by atoms with van der Waals surface area (Å²) in [6, 6.07) is 1.23. The van der Waals surface area contributed by atoms with Gasteiger partial charge in [0.15, 0.2) is 0 Å². The highest BCUT2D eigenvalue weighted by molar-refractivity contribution is 14.1. The van der Waals surface area contributed by atoms with Crippen LogP contribution < -0.4 is 5.56 Å². The summed E-state index contributed by atoms with van der Waals surface area (Å²) in [4.78, 5) is 13.1. The highest BCUT2D eigenvalue weighted by Gasteiger charge is 2.28. The lowest BCUT2D eigenvalue weighted by molar-refractivity contribution is -0.127. The van der Waals surface area contributed by atoms with Gasteiger partial charge in [0.2, 0.25) is 0 Å². The fourth-order valence-corrected chi connectivity index (χ4v) is 1.38. The van der Waals surface area contributed by atoms with E-state index in [1.807, 2.05) is 22.6 Å². The molecule has 0 aliphatic heterocycles. The van der Waals surface area contributed by atoms with Gasteiger partial charge in [-0.3, -0.25) is 4.79 Å². The molecule has 13 heavy (non-hydrogen) atoms. The van der Waals surface area contributed by atoms with Crippen LogP contribution in [0.2, 0.25) is 0 Å². The van der Waals surface area contributed by atoms with Crippen molar-refractivity contribution in [3.63, 3.8) is 0 Å². The van der Waals surface area contributed by atoms with Crippen LogP contribution in [0.25, 0.3) is 0 Å². The van der Waals surface area contributed by atoms with Crippen molar-refractivity contribution in [1.82, 2.24) is 4.98 Å². The number of H-pyrrole nitrogens is 1. The van der Waals surface area contributed by atoms with Gasteiger partial charge >= 0.3 is 6.18 Å². The van der Waals surface area contributed by atoms with Crippen LogP contribution in [0.3, 0.4) is 0 Å². The summed E-state index contributed by atoms with van der Waals surface area (Å²) in [7, 11) is 0. The molecule has 6 heteroatoms. The summed E-state index contributed by atoms with van der Waals surface area (Å²) in [5.74, 6) is 0. The predicted molar refractivity (Wildman–Crippen MR) is 49.5 cm³/mol. The highest BCUT2D eigenvalue weighted by atomic mass is 127. The Kier molecular flexibility index (Phi) is 2.99. The van der Waals surface area contributed by atoms with Crippen LogP contribution in [-0.4, -0.2) is 11.2 Å². The lowest BCUT2D eigenvalue weighted by Gasteiger charge is -2.04. The number of pyridine rings is 1. The Morgan fingerprint density at radius 3 is 2.62 bits per heavy atom. The third-order valence-corrected chi connectivity index (χ3v) is 1.96. The SMILES string of the molecule is O=c1[nH]cc(I)cc1CC(F)(F)F. The third kappa shape index (κ3) is 3.37. The standard InChI is InChI=1S/C7H5F3INO/c8-7(9,10)2-4-1-5(11)3-12-6(4)13/h1,3H,2H2,(H,12,13). The fraction of sp³-hybridized carbons (Fsp3) is 0.286. The second-order valence-corrected chi connectivity index (χ2v) is 3.71. The van der Waals surface area contributed by atoms with Crippen molar-refractivity contribution in [1.29, 1.82) is 0 Å². The van der Waals surface area contributed by atoms with Gasteiger partial charge in [0.05, 0.1) is 6.42 Å². The number of alkyl halides is 3. The minimum absolute atomic E-state index is 0.251. The van der Waals surface area contributed by atoms with Crippen molar-refractivity contribution >= 4 is 22.6 Å². The first kappa shape index (κ1) is 10.6. The van der Waals surface area contributed by atoms with Gasteiger partial charge in [-0.2, -0.15) is 13.2 Å². The number of nitrogens with one attached hydrogen (secondary N) is 1. The van der Waals surface area contributed by atoms with E-state index in [0.717, 1.165) is 0 Å². The van der Waals surface area contributed by atoms with Gasteiger partial charge in [0.25, 0.3) is 5.56 Å². The minimum atomic E-state index is -4.34. The van der Waals surface area contributed by atoms with Crippen LogP contribution >= 0.6 is 22.6 Å². The molecule has 0 aromatic carbocycles.